The van der Waals surface area contributed by atoms with E-state index >= 15 is 0 Å². The summed E-state index contributed by atoms with van der Waals surface area (Å²) in [5.74, 6) is 0.310. The number of benzene rings is 2. The molecule has 0 bridgehead atoms. The van der Waals surface area contributed by atoms with E-state index in [-0.39, 0.29) is 0 Å². The van der Waals surface area contributed by atoms with Gasteiger partial charge in [-0.25, -0.2) is 4.99 Å². The highest BCUT2D eigenvalue weighted by Crippen LogP contribution is 2.18. The fraction of sp³-hybridized carbons (Fsp3) is 0.0625. The number of phenolic OH excluding ortho intramolecular Hbond substituents is 1. The quantitative estimate of drug-likeness (QED) is 0.819. The largest absolute Gasteiger partial charge is 0.507 e. The monoisotopic (exact) mass is 236 g/mol. The maximum absolute atomic E-state index is 9.68. The highest BCUT2D eigenvalue weighted by Gasteiger charge is 2.18. The summed E-state index contributed by atoms with van der Waals surface area (Å²) >= 11 is 0. The van der Waals surface area contributed by atoms with Crippen molar-refractivity contribution >= 4 is 17.5 Å². The Hall–Kier alpha value is -2.35. The van der Waals surface area contributed by atoms with Crippen molar-refractivity contribution in [2.45, 2.75) is 6.42 Å². The van der Waals surface area contributed by atoms with Gasteiger partial charge in [-0.3, -0.25) is 0 Å². The topological polar surface area (TPSA) is 34.2 Å². The second kappa shape index (κ2) is 4.49. The number of hydrogen-bond donors (Lipinski definition) is 2. The van der Waals surface area contributed by atoms with Gasteiger partial charge in [0.15, 0.2) is 5.71 Å². The van der Waals surface area contributed by atoms with E-state index in [4.69, 9.17) is 0 Å². The molecule has 0 saturated heterocycles. The molecule has 0 radical (unpaired) electrons. The molecule has 1 heterocycles. The number of para-hydroxylation sites is 2. The molecular formula is C16H14NO+. The molecule has 0 spiro atoms. The van der Waals surface area contributed by atoms with E-state index in [1.165, 1.54) is 11.3 Å². The maximum atomic E-state index is 9.68. The van der Waals surface area contributed by atoms with E-state index < -0.39 is 0 Å². The van der Waals surface area contributed by atoms with Crippen molar-refractivity contribution in [3.05, 3.63) is 65.7 Å². The average molecular weight is 236 g/mol. The first kappa shape index (κ1) is 10.8. The SMILES string of the molecule is Oc1ccccc1C=CC1=[NH+]c2ccccc2C1. The minimum atomic E-state index is 0.310. The summed E-state index contributed by atoms with van der Waals surface area (Å²) in [6.45, 7) is 0. The Morgan fingerprint density at radius 3 is 2.56 bits per heavy atom. The molecule has 18 heavy (non-hydrogen) atoms. The van der Waals surface area contributed by atoms with Crippen molar-refractivity contribution in [1.29, 1.82) is 0 Å². The van der Waals surface area contributed by atoms with Gasteiger partial charge in [0, 0.05) is 23.3 Å². The van der Waals surface area contributed by atoms with Gasteiger partial charge in [0.25, 0.3) is 0 Å². The van der Waals surface area contributed by atoms with Crippen LogP contribution in [0.2, 0.25) is 0 Å². The van der Waals surface area contributed by atoms with Crippen molar-refractivity contribution < 1.29 is 10.1 Å². The lowest BCUT2D eigenvalue weighted by Gasteiger charge is -1.95. The molecule has 2 aromatic carbocycles. The first-order chi connectivity index (χ1) is 8.83. The van der Waals surface area contributed by atoms with Crippen LogP contribution in [0.4, 0.5) is 5.69 Å². The number of allylic oxidation sites excluding steroid dienone is 1. The van der Waals surface area contributed by atoms with E-state index in [0.717, 1.165) is 17.7 Å². The molecule has 0 atom stereocenters. The van der Waals surface area contributed by atoms with Crippen molar-refractivity contribution in [2.24, 2.45) is 0 Å². The zero-order chi connectivity index (χ0) is 12.4. The van der Waals surface area contributed by atoms with E-state index in [1.54, 1.807) is 6.07 Å². The molecule has 1 aliphatic rings. The Labute approximate surface area is 106 Å². The summed E-state index contributed by atoms with van der Waals surface area (Å²) in [7, 11) is 0. The standard InChI is InChI=1S/C16H13NO/c18-16-8-4-2-5-12(16)9-10-14-11-13-6-1-3-7-15(13)17-14/h1-10,18H,11H2/p+1. The number of phenols is 1. The number of nitrogens with one attached hydrogen (secondary N) is 1. The molecule has 0 fully saturated rings. The minimum Gasteiger partial charge on any atom is -0.507 e. The zero-order valence-electron chi connectivity index (χ0n) is 9.93. The van der Waals surface area contributed by atoms with Crippen LogP contribution in [0.25, 0.3) is 6.08 Å². The van der Waals surface area contributed by atoms with Gasteiger partial charge >= 0.3 is 0 Å². The summed E-state index contributed by atoms with van der Waals surface area (Å²) in [5, 5.41) is 9.68. The third kappa shape index (κ3) is 2.05. The predicted octanol–water partition coefficient (Wildman–Crippen LogP) is 1.81. The molecule has 3 rings (SSSR count). The van der Waals surface area contributed by atoms with Gasteiger partial charge in [-0.05, 0) is 12.1 Å². The Bertz CT molecular complexity index is 641. The van der Waals surface area contributed by atoms with Gasteiger partial charge in [0.05, 0.1) is 6.42 Å². The first-order valence-corrected chi connectivity index (χ1v) is 6.00. The summed E-state index contributed by atoms with van der Waals surface area (Å²) in [5.41, 5.74) is 4.48. The molecule has 1 aliphatic heterocycles. The van der Waals surface area contributed by atoms with Crippen LogP contribution in [-0.4, -0.2) is 10.8 Å². The van der Waals surface area contributed by atoms with Gasteiger partial charge in [0.2, 0.25) is 5.69 Å². The Balaban J connectivity index is 1.82. The van der Waals surface area contributed by atoms with Gasteiger partial charge in [0.1, 0.15) is 5.75 Å². The van der Waals surface area contributed by atoms with Gasteiger partial charge in [-0.2, -0.15) is 0 Å². The van der Waals surface area contributed by atoms with Gasteiger partial charge in [-0.1, -0.05) is 36.4 Å². The zero-order valence-corrected chi connectivity index (χ0v) is 9.93. The van der Waals surface area contributed by atoms with E-state index in [0.29, 0.717) is 5.75 Å². The Morgan fingerprint density at radius 1 is 0.944 bits per heavy atom. The van der Waals surface area contributed by atoms with Crippen LogP contribution in [0.15, 0.2) is 54.6 Å². The second-order valence-corrected chi connectivity index (χ2v) is 4.38. The maximum Gasteiger partial charge on any atom is 0.207 e. The molecular weight excluding hydrogens is 222 g/mol. The molecule has 2 heteroatoms. The van der Waals surface area contributed by atoms with Crippen LogP contribution < -0.4 is 4.99 Å². The summed E-state index contributed by atoms with van der Waals surface area (Å²) < 4.78 is 0. The van der Waals surface area contributed by atoms with Crippen LogP contribution in [0.1, 0.15) is 11.1 Å². The van der Waals surface area contributed by atoms with Crippen molar-refractivity contribution in [2.75, 3.05) is 0 Å². The molecule has 0 saturated carbocycles. The van der Waals surface area contributed by atoms with Crippen LogP contribution in [-0.2, 0) is 6.42 Å². The smallest absolute Gasteiger partial charge is 0.207 e. The summed E-state index contributed by atoms with van der Waals surface area (Å²) in [4.78, 5) is 3.37. The number of aromatic hydroxyl groups is 1. The average Bonchev–Trinajstić information content (AvgIpc) is 2.80. The Morgan fingerprint density at radius 2 is 1.72 bits per heavy atom. The van der Waals surface area contributed by atoms with Crippen LogP contribution in [0.3, 0.4) is 0 Å². The second-order valence-electron chi connectivity index (χ2n) is 4.38. The summed E-state index contributed by atoms with van der Waals surface area (Å²) in [6.07, 6.45) is 4.87. The highest BCUT2D eigenvalue weighted by atomic mass is 16.3. The molecule has 0 aromatic heterocycles. The van der Waals surface area contributed by atoms with Crippen molar-refractivity contribution in [3.8, 4) is 5.75 Å². The molecule has 0 unspecified atom stereocenters. The normalized spacial score (nSPS) is 13.7. The number of hydrogen-bond acceptors (Lipinski definition) is 1. The lowest BCUT2D eigenvalue weighted by molar-refractivity contribution is -0.348. The molecule has 2 N–H and O–H groups in total. The van der Waals surface area contributed by atoms with E-state index in [2.05, 4.69) is 23.2 Å². The third-order valence-corrected chi connectivity index (χ3v) is 3.09. The molecule has 2 nitrogen and oxygen atoms in total. The fourth-order valence-corrected chi connectivity index (χ4v) is 2.14. The highest BCUT2D eigenvalue weighted by molar-refractivity contribution is 5.98. The molecule has 0 aliphatic carbocycles. The first-order valence-electron chi connectivity index (χ1n) is 6.00. The predicted molar refractivity (Wildman–Crippen MR) is 72.9 cm³/mol. The molecule has 2 aromatic rings. The van der Waals surface area contributed by atoms with Crippen LogP contribution in [0.5, 0.6) is 5.75 Å². The van der Waals surface area contributed by atoms with Crippen molar-refractivity contribution in [3.63, 3.8) is 0 Å². The van der Waals surface area contributed by atoms with Crippen LogP contribution in [0, 0.1) is 0 Å². The minimum absolute atomic E-state index is 0.310. The lowest BCUT2D eigenvalue weighted by atomic mass is 10.1. The van der Waals surface area contributed by atoms with Gasteiger partial charge in [-0.15, -0.1) is 0 Å². The third-order valence-electron chi connectivity index (χ3n) is 3.09. The number of fused-ring (bicyclic) bond motifs is 1. The fourth-order valence-electron chi connectivity index (χ4n) is 2.14. The number of rotatable bonds is 2. The Kier molecular flexibility index (Phi) is 2.69. The summed E-state index contributed by atoms with van der Waals surface area (Å²) in [6, 6.07) is 15.6. The van der Waals surface area contributed by atoms with E-state index in [9.17, 15) is 5.11 Å². The van der Waals surface area contributed by atoms with Gasteiger partial charge < -0.3 is 5.11 Å². The van der Waals surface area contributed by atoms with Crippen LogP contribution >= 0.6 is 0 Å². The molecule has 0 amide bonds. The van der Waals surface area contributed by atoms with E-state index in [1.807, 2.05) is 36.4 Å². The van der Waals surface area contributed by atoms with Crippen molar-refractivity contribution in [1.82, 2.24) is 0 Å². The molecule has 88 valence electrons. The lowest BCUT2D eigenvalue weighted by Crippen LogP contribution is -2.63.